The van der Waals surface area contributed by atoms with Crippen LogP contribution in [-0.2, 0) is 6.54 Å². The highest BCUT2D eigenvalue weighted by Crippen LogP contribution is 2.26. The molecule has 0 fully saturated rings. The van der Waals surface area contributed by atoms with Crippen molar-refractivity contribution in [1.29, 1.82) is 0 Å². The second kappa shape index (κ2) is 6.72. The quantitative estimate of drug-likeness (QED) is 0.590. The number of H-pyrrole nitrogens is 1. The molecule has 1 aromatic carbocycles. The summed E-state index contributed by atoms with van der Waals surface area (Å²) in [5, 5.41) is 8.23. The summed E-state index contributed by atoms with van der Waals surface area (Å²) in [5.74, 6) is -0.110. The molecule has 4 rings (SSSR count). The van der Waals surface area contributed by atoms with E-state index in [9.17, 15) is 4.79 Å². The van der Waals surface area contributed by atoms with Gasteiger partial charge in [-0.05, 0) is 42.8 Å². The Balaban J connectivity index is 1.55. The van der Waals surface area contributed by atoms with Gasteiger partial charge in [-0.3, -0.25) is 14.9 Å². The fraction of sp³-hybridized carbons (Fsp3) is 0.150. The molecule has 0 saturated heterocycles. The number of hydrogen-bond acceptors (Lipinski definition) is 4. The van der Waals surface area contributed by atoms with Crippen LogP contribution in [0.5, 0.6) is 0 Å². The van der Waals surface area contributed by atoms with Gasteiger partial charge in [0.25, 0.3) is 5.91 Å². The molecule has 0 spiro atoms. The molecule has 1 N–H and O–H groups in total. The van der Waals surface area contributed by atoms with Gasteiger partial charge in [-0.1, -0.05) is 18.2 Å². The van der Waals surface area contributed by atoms with E-state index in [4.69, 9.17) is 0 Å². The van der Waals surface area contributed by atoms with Crippen LogP contribution in [0, 0.1) is 6.92 Å². The van der Waals surface area contributed by atoms with E-state index < -0.39 is 0 Å². The lowest BCUT2D eigenvalue weighted by Crippen LogP contribution is -2.26. The maximum atomic E-state index is 12.8. The predicted molar refractivity (Wildman–Crippen MR) is 104 cm³/mol. The average molecular weight is 362 g/mol. The smallest absolute Gasteiger partial charge is 0.274 e. The zero-order valence-corrected chi connectivity index (χ0v) is 15.4. The van der Waals surface area contributed by atoms with E-state index in [1.165, 1.54) is 4.88 Å². The SMILES string of the molecule is Cc1ccc(-c2cc(C(=O)N(C)Cc3cccc4ncccc34)n[nH]2)s1. The lowest BCUT2D eigenvalue weighted by atomic mass is 10.1. The monoisotopic (exact) mass is 362 g/mol. The molecule has 0 bridgehead atoms. The first-order chi connectivity index (χ1) is 12.6. The molecule has 26 heavy (non-hydrogen) atoms. The lowest BCUT2D eigenvalue weighted by molar-refractivity contribution is 0.0780. The fourth-order valence-corrected chi connectivity index (χ4v) is 3.80. The van der Waals surface area contributed by atoms with Gasteiger partial charge < -0.3 is 4.90 Å². The summed E-state index contributed by atoms with van der Waals surface area (Å²) in [4.78, 5) is 21.1. The number of amides is 1. The second-order valence-electron chi connectivity index (χ2n) is 6.23. The van der Waals surface area contributed by atoms with Crippen molar-refractivity contribution < 1.29 is 4.79 Å². The molecule has 4 aromatic rings. The van der Waals surface area contributed by atoms with Crippen LogP contribution in [0.2, 0.25) is 0 Å². The lowest BCUT2D eigenvalue weighted by Gasteiger charge is -2.17. The minimum atomic E-state index is -0.110. The number of fused-ring (bicyclic) bond motifs is 1. The minimum absolute atomic E-state index is 0.110. The first-order valence-electron chi connectivity index (χ1n) is 8.32. The number of pyridine rings is 1. The Morgan fingerprint density at radius 3 is 2.88 bits per heavy atom. The van der Waals surface area contributed by atoms with Crippen molar-refractivity contribution in [3.8, 4) is 10.6 Å². The van der Waals surface area contributed by atoms with Crippen LogP contribution in [-0.4, -0.2) is 33.0 Å². The maximum absolute atomic E-state index is 12.8. The van der Waals surface area contributed by atoms with Crippen LogP contribution >= 0.6 is 11.3 Å². The van der Waals surface area contributed by atoms with Crippen LogP contribution in [0.1, 0.15) is 20.9 Å². The molecular weight excluding hydrogens is 344 g/mol. The third kappa shape index (κ3) is 3.11. The zero-order valence-electron chi connectivity index (χ0n) is 14.6. The van der Waals surface area contributed by atoms with Crippen LogP contribution < -0.4 is 0 Å². The number of aromatic amines is 1. The highest BCUT2D eigenvalue weighted by Gasteiger charge is 2.17. The van der Waals surface area contributed by atoms with Crippen LogP contribution in [0.25, 0.3) is 21.5 Å². The van der Waals surface area contributed by atoms with Crippen molar-refractivity contribution in [3.63, 3.8) is 0 Å². The molecule has 0 unspecified atom stereocenters. The van der Waals surface area contributed by atoms with E-state index >= 15 is 0 Å². The number of rotatable bonds is 4. The van der Waals surface area contributed by atoms with Gasteiger partial charge in [0.05, 0.1) is 16.1 Å². The zero-order chi connectivity index (χ0) is 18.1. The van der Waals surface area contributed by atoms with Crippen molar-refractivity contribution in [3.05, 3.63) is 70.9 Å². The fourth-order valence-electron chi connectivity index (χ4n) is 2.96. The molecule has 0 aliphatic carbocycles. The van der Waals surface area contributed by atoms with Crippen molar-refractivity contribution in [2.24, 2.45) is 0 Å². The molecule has 3 aromatic heterocycles. The Labute approximate surface area is 155 Å². The first kappa shape index (κ1) is 16.5. The van der Waals surface area contributed by atoms with E-state index in [0.717, 1.165) is 27.0 Å². The number of carbonyl (C=O) groups excluding carboxylic acids is 1. The minimum Gasteiger partial charge on any atom is -0.336 e. The summed E-state index contributed by atoms with van der Waals surface area (Å²) in [6.45, 7) is 2.56. The predicted octanol–water partition coefficient (Wildman–Crippen LogP) is 4.27. The van der Waals surface area contributed by atoms with Gasteiger partial charge >= 0.3 is 0 Å². The summed E-state index contributed by atoms with van der Waals surface area (Å²) < 4.78 is 0. The normalized spacial score (nSPS) is 11.0. The molecule has 0 saturated carbocycles. The first-order valence-corrected chi connectivity index (χ1v) is 9.14. The van der Waals surface area contributed by atoms with Gasteiger partial charge in [0.15, 0.2) is 5.69 Å². The summed E-state index contributed by atoms with van der Waals surface area (Å²) in [7, 11) is 1.79. The molecular formula is C20H18N4OS. The number of aryl methyl sites for hydroxylation is 1. The van der Waals surface area contributed by atoms with E-state index in [1.807, 2.05) is 42.5 Å². The number of hydrogen-bond donors (Lipinski definition) is 1. The van der Waals surface area contributed by atoms with Gasteiger partial charge in [-0.15, -0.1) is 11.3 Å². The van der Waals surface area contributed by atoms with Crippen molar-refractivity contribution in [1.82, 2.24) is 20.1 Å². The standard InChI is InChI=1S/C20H18N4OS/c1-13-8-9-19(26-13)17-11-18(23-22-17)20(25)24(2)12-14-5-3-7-16-15(14)6-4-10-21-16/h3-11H,12H2,1-2H3,(H,22,23). The van der Waals surface area contributed by atoms with Crippen molar-refractivity contribution in [2.45, 2.75) is 13.5 Å². The summed E-state index contributed by atoms with van der Waals surface area (Å²) in [6.07, 6.45) is 1.78. The van der Waals surface area contributed by atoms with Crippen molar-refractivity contribution >= 4 is 28.1 Å². The Morgan fingerprint density at radius 1 is 1.19 bits per heavy atom. The Kier molecular flexibility index (Phi) is 4.26. The van der Waals surface area contributed by atoms with Gasteiger partial charge in [-0.25, -0.2) is 0 Å². The number of benzene rings is 1. The van der Waals surface area contributed by atoms with E-state index in [1.54, 1.807) is 29.5 Å². The number of aromatic nitrogens is 3. The third-order valence-corrected chi connectivity index (χ3v) is 5.33. The van der Waals surface area contributed by atoms with Crippen LogP contribution in [0.4, 0.5) is 0 Å². The van der Waals surface area contributed by atoms with Gasteiger partial charge in [0.2, 0.25) is 0 Å². The highest BCUT2D eigenvalue weighted by molar-refractivity contribution is 7.15. The molecule has 0 radical (unpaired) electrons. The van der Waals surface area contributed by atoms with E-state index in [2.05, 4.69) is 28.2 Å². The van der Waals surface area contributed by atoms with Gasteiger partial charge in [0, 0.05) is 30.1 Å². The second-order valence-corrected chi connectivity index (χ2v) is 7.51. The van der Waals surface area contributed by atoms with Gasteiger partial charge in [-0.2, -0.15) is 5.10 Å². The van der Waals surface area contributed by atoms with Crippen LogP contribution in [0.15, 0.2) is 54.7 Å². The molecule has 1 amide bonds. The topological polar surface area (TPSA) is 61.9 Å². The van der Waals surface area contributed by atoms with E-state index in [0.29, 0.717) is 12.2 Å². The summed E-state index contributed by atoms with van der Waals surface area (Å²) in [6, 6.07) is 15.8. The molecule has 5 nitrogen and oxygen atoms in total. The Morgan fingerprint density at radius 2 is 2.08 bits per heavy atom. The summed E-state index contributed by atoms with van der Waals surface area (Å²) >= 11 is 1.68. The molecule has 3 heterocycles. The third-order valence-electron chi connectivity index (χ3n) is 4.29. The Bertz CT molecular complexity index is 1080. The van der Waals surface area contributed by atoms with Crippen LogP contribution in [0.3, 0.4) is 0 Å². The average Bonchev–Trinajstić information content (AvgIpc) is 3.30. The number of nitrogens with one attached hydrogen (secondary N) is 1. The molecule has 6 heteroatoms. The highest BCUT2D eigenvalue weighted by atomic mass is 32.1. The summed E-state index contributed by atoms with van der Waals surface area (Å²) in [5.41, 5.74) is 3.29. The number of nitrogens with zero attached hydrogens (tertiary/aromatic N) is 3. The largest absolute Gasteiger partial charge is 0.336 e. The molecule has 0 atom stereocenters. The van der Waals surface area contributed by atoms with Gasteiger partial charge in [0.1, 0.15) is 0 Å². The molecule has 130 valence electrons. The number of thiophene rings is 1. The molecule has 0 aliphatic heterocycles. The number of carbonyl (C=O) groups is 1. The maximum Gasteiger partial charge on any atom is 0.274 e. The van der Waals surface area contributed by atoms with Crippen molar-refractivity contribution in [2.75, 3.05) is 7.05 Å². The molecule has 0 aliphatic rings. The van der Waals surface area contributed by atoms with E-state index in [-0.39, 0.29) is 5.91 Å². The Hall–Kier alpha value is -2.99.